The highest BCUT2D eigenvalue weighted by Gasteiger charge is 2.22. The number of anilines is 1. The van der Waals surface area contributed by atoms with Gasteiger partial charge in [-0.3, -0.25) is 5.41 Å². The zero-order valence-corrected chi connectivity index (χ0v) is 11.1. The smallest absolute Gasteiger partial charge is 0.124 e. The van der Waals surface area contributed by atoms with E-state index in [2.05, 4.69) is 24.8 Å². The third-order valence-electron chi connectivity index (χ3n) is 3.44. The van der Waals surface area contributed by atoms with Crippen LogP contribution in [-0.2, 0) is 4.74 Å². The largest absolute Gasteiger partial charge is 0.384 e. The summed E-state index contributed by atoms with van der Waals surface area (Å²) in [4.78, 5) is 2.30. The Morgan fingerprint density at radius 1 is 1.56 bits per heavy atom. The van der Waals surface area contributed by atoms with Crippen molar-refractivity contribution < 1.29 is 4.74 Å². The molecule has 1 aliphatic heterocycles. The lowest BCUT2D eigenvalue weighted by Crippen LogP contribution is -2.43. The number of para-hydroxylation sites is 1. The van der Waals surface area contributed by atoms with Gasteiger partial charge in [0, 0.05) is 18.7 Å². The lowest BCUT2D eigenvalue weighted by Gasteiger charge is -2.36. The van der Waals surface area contributed by atoms with Crippen molar-refractivity contribution in [2.45, 2.75) is 26.4 Å². The van der Waals surface area contributed by atoms with Gasteiger partial charge in [-0.2, -0.15) is 0 Å². The van der Waals surface area contributed by atoms with Crippen LogP contribution in [0.4, 0.5) is 5.69 Å². The molecule has 0 aromatic heterocycles. The van der Waals surface area contributed by atoms with Crippen molar-refractivity contribution in [2.75, 3.05) is 24.6 Å². The molecule has 3 N–H and O–H groups in total. The maximum atomic E-state index is 7.71. The number of nitrogens with two attached hydrogens (primary N) is 1. The summed E-state index contributed by atoms with van der Waals surface area (Å²) in [6.07, 6.45) is 1.29. The predicted molar refractivity (Wildman–Crippen MR) is 74.4 cm³/mol. The number of ether oxygens (including phenoxy) is 1. The molecule has 18 heavy (non-hydrogen) atoms. The third-order valence-corrected chi connectivity index (χ3v) is 3.44. The molecule has 0 spiro atoms. The Balaban J connectivity index is 2.34. The third kappa shape index (κ3) is 2.48. The van der Waals surface area contributed by atoms with Gasteiger partial charge in [-0.15, -0.1) is 0 Å². The molecule has 1 saturated heterocycles. The van der Waals surface area contributed by atoms with E-state index in [0.29, 0.717) is 0 Å². The molecule has 1 aromatic rings. The molecule has 0 radical (unpaired) electrons. The van der Waals surface area contributed by atoms with Crippen LogP contribution in [-0.4, -0.2) is 31.6 Å². The summed E-state index contributed by atoms with van der Waals surface area (Å²) in [6, 6.07) is 5.94. The van der Waals surface area contributed by atoms with E-state index in [0.717, 1.165) is 37.4 Å². The van der Waals surface area contributed by atoms with Gasteiger partial charge < -0.3 is 15.4 Å². The fourth-order valence-electron chi connectivity index (χ4n) is 2.47. The first-order valence-electron chi connectivity index (χ1n) is 6.44. The summed E-state index contributed by atoms with van der Waals surface area (Å²) in [5, 5.41) is 7.71. The zero-order valence-electron chi connectivity index (χ0n) is 11.1. The molecular weight excluding hydrogens is 226 g/mol. The average molecular weight is 247 g/mol. The minimum atomic E-state index is 0.133. The monoisotopic (exact) mass is 247 g/mol. The van der Waals surface area contributed by atoms with Crippen molar-refractivity contribution in [3.63, 3.8) is 0 Å². The van der Waals surface area contributed by atoms with E-state index in [4.69, 9.17) is 15.9 Å². The number of nitrogens with one attached hydrogen (secondary N) is 1. The van der Waals surface area contributed by atoms with Gasteiger partial charge in [-0.25, -0.2) is 0 Å². The van der Waals surface area contributed by atoms with E-state index in [9.17, 15) is 0 Å². The molecule has 4 heteroatoms. The Hall–Kier alpha value is -1.55. The summed E-state index contributed by atoms with van der Waals surface area (Å²) in [6.45, 7) is 6.68. The topological polar surface area (TPSA) is 62.3 Å². The Bertz CT molecular complexity index is 445. The Labute approximate surface area is 108 Å². The number of hydrogen-bond donors (Lipinski definition) is 2. The fourth-order valence-corrected chi connectivity index (χ4v) is 2.47. The van der Waals surface area contributed by atoms with E-state index in [-0.39, 0.29) is 11.9 Å². The Morgan fingerprint density at radius 2 is 2.33 bits per heavy atom. The van der Waals surface area contributed by atoms with Crippen LogP contribution in [0.25, 0.3) is 0 Å². The molecule has 1 heterocycles. The maximum Gasteiger partial charge on any atom is 0.124 e. The van der Waals surface area contributed by atoms with Crippen LogP contribution in [0.5, 0.6) is 0 Å². The van der Waals surface area contributed by atoms with Crippen molar-refractivity contribution >= 4 is 11.5 Å². The molecule has 1 aromatic carbocycles. The second kappa shape index (κ2) is 5.40. The second-order valence-corrected chi connectivity index (χ2v) is 4.73. The molecule has 0 saturated carbocycles. The highest BCUT2D eigenvalue weighted by atomic mass is 16.5. The van der Waals surface area contributed by atoms with Crippen LogP contribution in [0.3, 0.4) is 0 Å². The molecule has 0 aliphatic carbocycles. The van der Waals surface area contributed by atoms with Gasteiger partial charge in [0.15, 0.2) is 0 Å². The van der Waals surface area contributed by atoms with Gasteiger partial charge in [0.1, 0.15) is 5.84 Å². The zero-order chi connectivity index (χ0) is 13.1. The molecule has 1 atom stereocenters. The van der Waals surface area contributed by atoms with Crippen LogP contribution in [0.15, 0.2) is 18.2 Å². The molecule has 0 bridgehead atoms. The lowest BCUT2D eigenvalue weighted by molar-refractivity contribution is 0.0384. The summed E-state index contributed by atoms with van der Waals surface area (Å²) >= 11 is 0. The normalized spacial score (nSPS) is 19.9. The van der Waals surface area contributed by atoms with E-state index in [1.807, 2.05) is 12.1 Å². The summed E-state index contributed by atoms with van der Waals surface area (Å²) < 4.78 is 5.69. The summed E-state index contributed by atoms with van der Waals surface area (Å²) in [5.74, 6) is 0.133. The number of hydrogen-bond acceptors (Lipinski definition) is 3. The van der Waals surface area contributed by atoms with Gasteiger partial charge in [-0.05, 0) is 25.0 Å². The number of rotatable bonds is 3. The van der Waals surface area contributed by atoms with E-state index < -0.39 is 0 Å². The summed E-state index contributed by atoms with van der Waals surface area (Å²) in [5.41, 5.74) is 8.76. The first kappa shape index (κ1) is 12.9. The molecule has 1 aliphatic rings. The molecule has 98 valence electrons. The van der Waals surface area contributed by atoms with Crippen LogP contribution in [0.1, 0.15) is 24.5 Å². The number of benzene rings is 1. The van der Waals surface area contributed by atoms with Crippen molar-refractivity contribution in [2.24, 2.45) is 5.73 Å². The molecule has 2 rings (SSSR count). The van der Waals surface area contributed by atoms with E-state index in [1.165, 1.54) is 5.56 Å². The van der Waals surface area contributed by atoms with Gasteiger partial charge in [0.25, 0.3) is 0 Å². The van der Waals surface area contributed by atoms with Gasteiger partial charge in [0.05, 0.1) is 18.4 Å². The highest BCUT2D eigenvalue weighted by Crippen LogP contribution is 2.27. The molecule has 0 amide bonds. The Morgan fingerprint density at radius 3 is 3.00 bits per heavy atom. The minimum Gasteiger partial charge on any atom is -0.384 e. The lowest BCUT2D eigenvalue weighted by atomic mass is 10.0. The average Bonchev–Trinajstić information content (AvgIpc) is 2.38. The molecular formula is C14H21N3O. The van der Waals surface area contributed by atoms with Gasteiger partial charge >= 0.3 is 0 Å². The predicted octanol–water partition coefficient (Wildman–Crippen LogP) is 1.89. The fraction of sp³-hybridized carbons (Fsp3) is 0.500. The van der Waals surface area contributed by atoms with Gasteiger partial charge in [-0.1, -0.05) is 19.1 Å². The highest BCUT2D eigenvalue weighted by molar-refractivity contribution is 6.01. The number of amidine groups is 1. The first-order valence-corrected chi connectivity index (χ1v) is 6.44. The van der Waals surface area contributed by atoms with Crippen LogP contribution in [0, 0.1) is 12.3 Å². The van der Waals surface area contributed by atoms with Crippen LogP contribution < -0.4 is 10.6 Å². The van der Waals surface area contributed by atoms with Gasteiger partial charge in [0.2, 0.25) is 0 Å². The number of nitrogen functional groups attached to an aromatic ring is 1. The van der Waals surface area contributed by atoms with Crippen molar-refractivity contribution in [1.29, 1.82) is 5.41 Å². The van der Waals surface area contributed by atoms with E-state index in [1.54, 1.807) is 0 Å². The molecule has 1 fully saturated rings. The first-order chi connectivity index (χ1) is 8.63. The van der Waals surface area contributed by atoms with Crippen LogP contribution >= 0.6 is 0 Å². The van der Waals surface area contributed by atoms with Crippen molar-refractivity contribution in [3.8, 4) is 0 Å². The molecule has 4 nitrogen and oxygen atoms in total. The maximum absolute atomic E-state index is 7.71. The SMILES string of the molecule is CCC1CN(c2c(C)cccc2C(=N)N)CCO1. The summed E-state index contributed by atoms with van der Waals surface area (Å²) in [7, 11) is 0. The van der Waals surface area contributed by atoms with E-state index >= 15 is 0 Å². The second-order valence-electron chi connectivity index (χ2n) is 4.73. The number of aryl methyl sites for hydroxylation is 1. The van der Waals surface area contributed by atoms with Crippen molar-refractivity contribution in [1.82, 2.24) is 0 Å². The Kier molecular flexibility index (Phi) is 3.87. The standard InChI is InChI=1S/C14H21N3O/c1-3-11-9-17(7-8-18-11)13-10(2)5-4-6-12(13)14(15)16/h4-6,11H,3,7-9H2,1-2H3,(H3,15,16). The number of morpholine rings is 1. The molecule has 1 unspecified atom stereocenters. The minimum absolute atomic E-state index is 0.133. The van der Waals surface area contributed by atoms with Crippen LogP contribution in [0.2, 0.25) is 0 Å². The quantitative estimate of drug-likeness (QED) is 0.633. The number of nitrogens with zero attached hydrogens (tertiary/aromatic N) is 1. The van der Waals surface area contributed by atoms with Crippen molar-refractivity contribution in [3.05, 3.63) is 29.3 Å².